The maximum Gasteiger partial charge on any atom is 0.253 e. The smallest absolute Gasteiger partial charge is 0.253 e. The second-order valence-electron chi connectivity index (χ2n) is 4.42. The van der Waals surface area contributed by atoms with E-state index in [2.05, 4.69) is 5.10 Å². The number of rotatable bonds is 2. The predicted molar refractivity (Wildman–Crippen MR) is 81.5 cm³/mol. The van der Waals surface area contributed by atoms with E-state index in [0.29, 0.717) is 15.8 Å². The summed E-state index contributed by atoms with van der Waals surface area (Å²) in [5, 5.41) is 6.84. The van der Waals surface area contributed by atoms with E-state index in [1.54, 1.807) is 18.2 Å². The summed E-state index contributed by atoms with van der Waals surface area (Å²) < 4.78 is 0. The number of hydrogen-bond acceptors (Lipinski definition) is 2. The van der Waals surface area contributed by atoms with Gasteiger partial charge in [0.25, 0.3) is 5.91 Å². The molecule has 0 bridgehead atoms. The second kappa shape index (κ2) is 5.27. The van der Waals surface area contributed by atoms with Gasteiger partial charge in [0.05, 0.1) is 17.8 Å². The molecule has 0 saturated heterocycles. The van der Waals surface area contributed by atoms with Gasteiger partial charge in [0, 0.05) is 15.6 Å². The largest absolute Gasteiger partial charge is 0.272 e. The number of nitrogens with zero attached hydrogens (tertiary/aromatic N) is 2. The van der Waals surface area contributed by atoms with E-state index in [-0.39, 0.29) is 12.3 Å². The summed E-state index contributed by atoms with van der Waals surface area (Å²) in [7, 11) is 0. The zero-order valence-electron chi connectivity index (χ0n) is 10.4. The van der Waals surface area contributed by atoms with Crippen LogP contribution in [0.25, 0.3) is 0 Å². The number of halogens is 2. The van der Waals surface area contributed by atoms with Gasteiger partial charge in [0.15, 0.2) is 0 Å². The van der Waals surface area contributed by atoms with Gasteiger partial charge in [-0.2, -0.15) is 5.10 Å². The Hall–Kier alpha value is -1.84. The Bertz CT molecular complexity index is 678. The molecular weight excluding hydrogens is 295 g/mol. The van der Waals surface area contributed by atoms with Gasteiger partial charge in [0.2, 0.25) is 0 Å². The first kappa shape index (κ1) is 13.2. The first-order valence-electron chi connectivity index (χ1n) is 6.05. The fraction of sp³-hybridized carbons (Fsp3) is 0.0667. The third-order valence-corrected chi connectivity index (χ3v) is 3.41. The number of para-hydroxylation sites is 1. The van der Waals surface area contributed by atoms with Crippen LogP contribution in [0.2, 0.25) is 10.0 Å². The third-order valence-electron chi connectivity index (χ3n) is 2.97. The number of hydrogen-bond donors (Lipinski definition) is 0. The molecule has 1 amide bonds. The molecule has 0 unspecified atom stereocenters. The summed E-state index contributed by atoms with van der Waals surface area (Å²) in [6, 6.07) is 14.5. The molecule has 0 saturated carbocycles. The maximum atomic E-state index is 12.1. The van der Waals surface area contributed by atoms with E-state index in [1.807, 2.05) is 30.3 Å². The summed E-state index contributed by atoms with van der Waals surface area (Å²) >= 11 is 12.0. The molecule has 3 rings (SSSR count). The lowest BCUT2D eigenvalue weighted by Gasteiger charge is -2.10. The standard InChI is InChI=1S/C15H10Cl2N2O/c16-11-6-10(7-12(17)8-11)14-9-15(20)19(18-14)13-4-2-1-3-5-13/h1-8H,9H2. The summed E-state index contributed by atoms with van der Waals surface area (Å²) in [6.07, 6.45) is 0.242. The van der Waals surface area contributed by atoms with Crippen LogP contribution in [0.3, 0.4) is 0 Å². The number of amides is 1. The quantitative estimate of drug-likeness (QED) is 0.821. The van der Waals surface area contributed by atoms with E-state index in [4.69, 9.17) is 23.2 Å². The van der Waals surface area contributed by atoms with Crippen molar-refractivity contribution in [3.05, 3.63) is 64.1 Å². The van der Waals surface area contributed by atoms with Crippen molar-refractivity contribution in [2.45, 2.75) is 6.42 Å². The molecule has 1 heterocycles. The van der Waals surface area contributed by atoms with Crippen molar-refractivity contribution in [3.8, 4) is 0 Å². The van der Waals surface area contributed by atoms with Crippen molar-refractivity contribution in [1.29, 1.82) is 0 Å². The molecule has 0 aliphatic carbocycles. The van der Waals surface area contributed by atoms with Crippen LogP contribution in [0.5, 0.6) is 0 Å². The first-order valence-corrected chi connectivity index (χ1v) is 6.81. The third kappa shape index (κ3) is 2.55. The van der Waals surface area contributed by atoms with Gasteiger partial charge in [-0.15, -0.1) is 0 Å². The van der Waals surface area contributed by atoms with Gasteiger partial charge in [-0.25, -0.2) is 5.01 Å². The number of carbonyl (C=O) groups is 1. The molecular formula is C15H10Cl2N2O. The molecule has 0 N–H and O–H groups in total. The average molecular weight is 305 g/mol. The molecule has 3 nitrogen and oxygen atoms in total. The molecule has 0 spiro atoms. The van der Waals surface area contributed by atoms with Gasteiger partial charge in [-0.3, -0.25) is 4.79 Å². The summed E-state index contributed by atoms with van der Waals surface area (Å²) in [4.78, 5) is 12.1. The number of hydrazone groups is 1. The van der Waals surface area contributed by atoms with Crippen LogP contribution >= 0.6 is 23.2 Å². The van der Waals surface area contributed by atoms with Crippen LogP contribution in [-0.2, 0) is 4.79 Å². The Morgan fingerprint density at radius 2 is 1.65 bits per heavy atom. The molecule has 0 radical (unpaired) electrons. The lowest BCUT2D eigenvalue weighted by molar-refractivity contribution is -0.116. The number of anilines is 1. The van der Waals surface area contributed by atoms with Crippen molar-refractivity contribution in [3.63, 3.8) is 0 Å². The Labute approximate surface area is 126 Å². The van der Waals surface area contributed by atoms with Crippen LogP contribution in [0, 0.1) is 0 Å². The van der Waals surface area contributed by atoms with E-state index < -0.39 is 0 Å². The van der Waals surface area contributed by atoms with Gasteiger partial charge in [-0.05, 0) is 30.3 Å². The van der Waals surface area contributed by atoms with E-state index in [9.17, 15) is 4.79 Å². The van der Waals surface area contributed by atoms with Crippen molar-refractivity contribution >= 4 is 40.5 Å². The normalized spacial score (nSPS) is 14.6. The molecule has 5 heteroatoms. The Kier molecular flexibility index (Phi) is 3.47. The molecule has 0 fully saturated rings. The Morgan fingerprint density at radius 3 is 2.30 bits per heavy atom. The van der Waals surface area contributed by atoms with Gasteiger partial charge < -0.3 is 0 Å². The summed E-state index contributed by atoms with van der Waals surface area (Å²) in [6.45, 7) is 0. The summed E-state index contributed by atoms with van der Waals surface area (Å²) in [5.74, 6) is -0.0673. The maximum absolute atomic E-state index is 12.1. The molecule has 1 aliphatic rings. The highest BCUT2D eigenvalue weighted by Gasteiger charge is 2.26. The van der Waals surface area contributed by atoms with Gasteiger partial charge in [-0.1, -0.05) is 41.4 Å². The van der Waals surface area contributed by atoms with Crippen LogP contribution in [0.1, 0.15) is 12.0 Å². The molecule has 0 aromatic heterocycles. The van der Waals surface area contributed by atoms with E-state index in [1.165, 1.54) is 5.01 Å². The molecule has 2 aromatic carbocycles. The highest BCUT2D eigenvalue weighted by Crippen LogP contribution is 2.25. The molecule has 2 aromatic rings. The average Bonchev–Trinajstić information content (AvgIpc) is 2.81. The van der Waals surface area contributed by atoms with Crippen molar-refractivity contribution in [2.24, 2.45) is 5.10 Å². The fourth-order valence-electron chi connectivity index (χ4n) is 2.08. The van der Waals surface area contributed by atoms with Gasteiger partial charge in [0.1, 0.15) is 0 Å². The Morgan fingerprint density at radius 1 is 1.00 bits per heavy atom. The number of carbonyl (C=O) groups excluding carboxylic acids is 1. The van der Waals surface area contributed by atoms with Crippen LogP contribution in [-0.4, -0.2) is 11.6 Å². The highest BCUT2D eigenvalue weighted by atomic mass is 35.5. The minimum atomic E-state index is -0.0673. The van der Waals surface area contributed by atoms with Crippen molar-refractivity contribution in [2.75, 3.05) is 5.01 Å². The second-order valence-corrected chi connectivity index (χ2v) is 5.30. The zero-order chi connectivity index (χ0) is 14.1. The van der Waals surface area contributed by atoms with Gasteiger partial charge >= 0.3 is 0 Å². The van der Waals surface area contributed by atoms with Crippen LogP contribution < -0.4 is 5.01 Å². The zero-order valence-corrected chi connectivity index (χ0v) is 11.9. The van der Waals surface area contributed by atoms with Crippen LogP contribution in [0.15, 0.2) is 53.6 Å². The number of benzene rings is 2. The van der Waals surface area contributed by atoms with Crippen molar-refractivity contribution in [1.82, 2.24) is 0 Å². The van der Waals surface area contributed by atoms with E-state index >= 15 is 0 Å². The van der Waals surface area contributed by atoms with Crippen LogP contribution in [0.4, 0.5) is 5.69 Å². The van der Waals surface area contributed by atoms with Crippen molar-refractivity contribution < 1.29 is 4.79 Å². The summed E-state index contributed by atoms with van der Waals surface area (Å²) in [5.41, 5.74) is 2.19. The monoisotopic (exact) mass is 304 g/mol. The van der Waals surface area contributed by atoms with E-state index in [0.717, 1.165) is 11.3 Å². The Balaban J connectivity index is 1.98. The lowest BCUT2D eigenvalue weighted by Crippen LogP contribution is -2.19. The lowest BCUT2D eigenvalue weighted by atomic mass is 10.1. The molecule has 20 heavy (non-hydrogen) atoms. The SMILES string of the molecule is O=C1CC(c2cc(Cl)cc(Cl)c2)=NN1c1ccccc1. The fourth-order valence-corrected chi connectivity index (χ4v) is 2.61. The molecule has 1 aliphatic heterocycles. The topological polar surface area (TPSA) is 32.7 Å². The molecule has 100 valence electrons. The molecule has 0 atom stereocenters. The minimum Gasteiger partial charge on any atom is -0.272 e. The first-order chi connectivity index (χ1) is 9.63. The highest BCUT2D eigenvalue weighted by molar-refractivity contribution is 6.35. The minimum absolute atomic E-state index is 0.0673. The predicted octanol–water partition coefficient (Wildman–Crippen LogP) is 4.13.